The molecule has 5 nitrogen and oxygen atoms in total. The molecule has 0 aliphatic heterocycles. The van der Waals surface area contributed by atoms with Gasteiger partial charge in [-0.25, -0.2) is 4.79 Å². The molecule has 6 heteroatoms. The Morgan fingerprint density at radius 3 is 2.24 bits per heavy atom. The van der Waals surface area contributed by atoms with Crippen LogP contribution in [0.4, 0.5) is 4.79 Å². The molecule has 101 valence electrons. The van der Waals surface area contributed by atoms with Crippen molar-refractivity contribution in [3.63, 3.8) is 0 Å². The van der Waals surface area contributed by atoms with Crippen LogP contribution in [0, 0.1) is 0 Å². The van der Waals surface area contributed by atoms with Crippen LogP contribution in [0.15, 0.2) is 0 Å². The summed E-state index contributed by atoms with van der Waals surface area (Å²) in [6.45, 7) is 8.02. The molecule has 1 N–H and O–H groups in total. The Kier molecular flexibility index (Phi) is 10.2. The van der Waals surface area contributed by atoms with E-state index in [0.29, 0.717) is 25.3 Å². The second-order valence-electron chi connectivity index (χ2n) is 3.50. The molecule has 0 spiro atoms. The SMILES string of the molecule is CCO[Si](OCC)C(CC)CCNC(=O)OC. The molecule has 0 fully saturated rings. The quantitative estimate of drug-likeness (QED) is 0.646. The molecular weight excluding hydrogens is 238 g/mol. The number of amides is 1. The molecule has 1 radical (unpaired) electrons. The van der Waals surface area contributed by atoms with Gasteiger partial charge in [0, 0.05) is 25.3 Å². The minimum atomic E-state index is -1.23. The summed E-state index contributed by atoms with van der Waals surface area (Å²) in [5.41, 5.74) is 0.386. The molecule has 0 aliphatic carbocycles. The van der Waals surface area contributed by atoms with Crippen LogP contribution >= 0.6 is 0 Å². The number of methoxy groups -OCH3 is 1. The number of hydrogen-bond donors (Lipinski definition) is 1. The minimum absolute atomic E-state index is 0.386. The summed E-state index contributed by atoms with van der Waals surface area (Å²) in [4.78, 5) is 10.9. The van der Waals surface area contributed by atoms with Crippen LogP contribution in [-0.2, 0) is 13.6 Å². The van der Waals surface area contributed by atoms with E-state index in [1.807, 2.05) is 13.8 Å². The predicted molar refractivity (Wildman–Crippen MR) is 68.1 cm³/mol. The Morgan fingerprint density at radius 1 is 1.24 bits per heavy atom. The summed E-state index contributed by atoms with van der Waals surface area (Å²) in [6.07, 6.45) is 1.47. The van der Waals surface area contributed by atoms with Crippen molar-refractivity contribution in [2.24, 2.45) is 0 Å². The van der Waals surface area contributed by atoms with Gasteiger partial charge in [-0.3, -0.25) is 0 Å². The first-order valence-corrected chi connectivity index (χ1v) is 7.53. The van der Waals surface area contributed by atoms with Gasteiger partial charge >= 0.3 is 15.4 Å². The first-order valence-electron chi connectivity index (χ1n) is 6.13. The molecule has 0 heterocycles. The fourth-order valence-corrected chi connectivity index (χ4v) is 3.31. The van der Waals surface area contributed by atoms with Gasteiger partial charge in [0.2, 0.25) is 0 Å². The van der Waals surface area contributed by atoms with Gasteiger partial charge in [-0.2, -0.15) is 0 Å². The highest BCUT2D eigenvalue weighted by atomic mass is 28.3. The summed E-state index contributed by atoms with van der Waals surface area (Å²) in [5.74, 6) is 0. The van der Waals surface area contributed by atoms with E-state index < -0.39 is 9.28 Å². The Bertz CT molecular complexity index is 198. The highest BCUT2D eigenvalue weighted by molar-refractivity contribution is 6.46. The average Bonchev–Trinajstić information content (AvgIpc) is 2.34. The molecule has 0 aliphatic rings. The number of nitrogens with one attached hydrogen (secondary N) is 1. The second-order valence-corrected chi connectivity index (χ2v) is 5.53. The molecular formula is C11H24NO4Si. The van der Waals surface area contributed by atoms with E-state index >= 15 is 0 Å². The lowest BCUT2D eigenvalue weighted by atomic mass is 10.2. The largest absolute Gasteiger partial charge is 0.453 e. The lowest BCUT2D eigenvalue weighted by Gasteiger charge is -2.22. The third kappa shape index (κ3) is 7.35. The molecule has 1 amide bonds. The Balaban J connectivity index is 4.03. The highest BCUT2D eigenvalue weighted by Crippen LogP contribution is 2.20. The van der Waals surface area contributed by atoms with E-state index in [0.717, 1.165) is 12.8 Å². The van der Waals surface area contributed by atoms with Crippen LogP contribution < -0.4 is 5.32 Å². The molecule has 0 aromatic heterocycles. The number of ether oxygens (including phenoxy) is 1. The van der Waals surface area contributed by atoms with Gasteiger partial charge in [0.15, 0.2) is 0 Å². The van der Waals surface area contributed by atoms with Gasteiger partial charge in [0.05, 0.1) is 7.11 Å². The van der Waals surface area contributed by atoms with E-state index in [2.05, 4.69) is 17.0 Å². The van der Waals surface area contributed by atoms with Crippen molar-refractivity contribution < 1.29 is 18.4 Å². The summed E-state index contributed by atoms with van der Waals surface area (Å²) in [6, 6.07) is 0. The van der Waals surface area contributed by atoms with Crippen LogP contribution in [0.25, 0.3) is 0 Å². The molecule has 17 heavy (non-hydrogen) atoms. The predicted octanol–water partition coefficient (Wildman–Crippen LogP) is 2.07. The van der Waals surface area contributed by atoms with Crippen LogP contribution in [-0.4, -0.2) is 42.2 Å². The molecule has 1 unspecified atom stereocenters. The Morgan fingerprint density at radius 2 is 1.82 bits per heavy atom. The van der Waals surface area contributed by atoms with Crippen molar-refractivity contribution in [1.82, 2.24) is 5.32 Å². The van der Waals surface area contributed by atoms with Gasteiger partial charge in [-0.15, -0.1) is 0 Å². The van der Waals surface area contributed by atoms with Crippen LogP contribution in [0.5, 0.6) is 0 Å². The number of carbonyl (C=O) groups excluding carboxylic acids is 1. The van der Waals surface area contributed by atoms with E-state index in [-0.39, 0.29) is 6.09 Å². The molecule has 1 atom stereocenters. The van der Waals surface area contributed by atoms with E-state index in [1.165, 1.54) is 7.11 Å². The van der Waals surface area contributed by atoms with Gasteiger partial charge in [-0.05, 0) is 20.3 Å². The first-order chi connectivity index (χ1) is 8.19. The topological polar surface area (TPSA) is 56.8 Å². The number of rotatable bonds is 9. The smallest absolute Gasteiger partial charge is 0.406 e. The highest BCUT2D eigenvalue weighted by Gasteiger charge is 2.26. The van der Waals surface area contributed by atoms with Crippen molar-refractivity contribution in [2.45, 2.75) is 39.2 Å². The summed E-state index contributed by atoms with van der Waals surface area (Å²) >= 11 is 0. The summed E-state index contributed by atoms with van der Waals surface area (Å²) in [7, 11) is 0.131. The normalized spacial score (nSPS) is 12.5. The zero-order chi connectivity index (χ0) is 13.1. The van der Waals surface area contributed by atoms with Crippen molar-refractivity contribution in [3.05, 3.63) is 0 Å². The van der Waals surface area contributed by atoms with E-state index in [9.17, 15) is 4.79 Å². The summed E-state index contributed by atoms with van der Waals surface area (Å²) < 4.78 is 15.8. The van der Waals surface area contributed by atoms with Crippen molar-refractivity contribution >= 4 is 15.4 Å². The lowest BCUT2D eigenvalue weighted by molar-refractivity contribution is 0.169. The zero-order valence-corrected chi connectivity index (χ0v) is 12.2. The number of alkyl carbamates (subject to hydrolysis) is 1. The van der Waals surface area contributed by atoms with Gasteiger partial charge < -0.3 is 18.9 Å². The van der Waals surface area contributed by atoms with Crippen LogP contribution in [0.3, 0.4) is 0 Å². The maximum absolute atomic E-state index is 10.9. The third-order valence-corrected chi connectivity index (χ3v) is 4.86. The summed E-state index contributed by atoms with van der Waals surface area (Å²) in [5, 5.41) is 2.68. The lowest BCUT2D eigenvalue weighted by Crippen LogP contribution is -2.32. The number of hydrogen-bond acceptors (Lipinski definition) is 4. The van der Waals surface area contributed by atoms with Gasteiger partial charge in [0.1, 0.15) is 0 Å². The fraction of sp³-hybridized carbons (Fsp3) is 0.909. The minimum Gasteiger partial charge on any atom is -0.453 e. The molecule has 0 saturated heterocycles. The molecule has 0 saturated carbocycles. The van der Waals surface area contributed by atoms with E-state index in [1.54, 1.807) is 0 Å². The maximum atomic E-state index is 10.9. The van der Waals surface area contributed by atoms with Crippen molar-refractivity contribution in [3.8, 4) is 0 Å². The standard InChI is InChI=1S/C11H24NO4Si/c1-5-10(8-9-12-11(13)14-4)17(15-6-2)16-7-3/h10H,5-9H2,1-4H3,(H,12,13). The Hall–Kier alpha value is -0.593. The molecule has 0 aromatic rings. The van der Waals surface area contributed by atoms with Gasteiger partial charge in [-0.1, -0.05) is 13.3 Å². The zero-order valence-electron chi connectivity index (χ0n) is 11.2. The molecule has 0 bridgehead atoms. The first kappa shape index (κ1) is 16.4. The van der Waals surface area contributed by atoms with Gasteiger partial charge in [0.25, 0.3) is 0 Å². The fourth-order valence-electron chi connectivity index (χ4n) is 1.47. The van der Waals surface area contributed by atoms with Crippen LogP contribution in [0.1, 0.15) is 33.6 Å². The second kappa shape index (κ2) is 10.6. The molecule has 0 aromatic carbocycles. The monoisotopic (exact) mass is 262 g/mol. The number of carbonyl (C=O) groups is 1. The van der Waals surface area contributed by atoms with Crippen molar-refractivity contribution in [2.75, 3.05) is 26.9 Å². The van der Waals surface area contributed by atoms with E-state index in [4.69, 9.17) is 8.85 Å². The van der Waals surface area contributed by atoms with Crippen LogP contribution in [0.2, 0.25) is 5.54 Å². The third-order valence-electron chi connectivity index (χ3n) is 2.35. The maximum Gasteiger partial charge on any atom is 0.406 e. The average molecular weight is 262 g/mol. The Labute approximate surface area is 106 Å². The molecule has 0 rings (SSSR count). The van der Waals surface area contributed by atoms with Crippen molar-refractivity contribution in [1.29, 1.82) is 0 Å².